The predicted molar refractivity (Wildman–Crippen MR) is 93.7 cm³/mol. The summed E-state index contributed by atoms with van der Waals surface area (Å²) in [4.78, 5) is 12.3. The van der Waals surface area contributed by atoms with Gasteiger partial charge in [0.2, 0.25) is 0 Å². The number of halogens is 1. The maximum absolute atomic E-state index is 13.7. The van der Waals surface area contributed by atoms with Crippen molar-refractivity contribution < 1.29 is 18.7 Å². The van der Waals surface area contributed by atoms with Crippen LogP contribution in [-0.4, -0.2) is 19.0 Å². The number of carbonyl (C=O) groups is 1. The number of ether oxygens (including phenoxy) is 2. The fourth-order valence-electron chi connectivity index (χ4n) is 2.34. The minimum absolute atomic E-state index is 0.0624. The molecular weight excluding hydrogens is 319 g/mol. The van der Waals surface area contributed by atoms with Crippen molar-refractivity contribution >= 4 is 5.78 Å². The van der Waals surface area contributed by atoms with Crippen LogP contribution in [0.1, 0.15) is 15.9 Å². The van der Waals surface area contributed by atoms with Gasteiger partial charge in [-0.15, -0.1) is 0 Å². The van der Waals surface area contributed by atoms with E-state index in [-0.39, 0.29) is 11.3 Å². The van der Waals surface area contributed by atoms with Gasteiger partial charge in [-0.2, -0.15) is 0 Å². The Balaban J connectivity index is 1.54. The van der Waals surface area contributed by atoms with E-state index in [1.54, 1.807) is 36.4 Å². The molecule has 3 aromatic rings. The summed E-state index contributed by atoms with van der Waals surface area (Å²) in [6.45, 7) is 0.801. The number of hydrogen-bond donors (Lipinski definition) is 0. The highest BCUT2D eigenvalue weighted by atomic mass is 19.1. The van der Waals surface area contributed by atoms with Gasteiger partial charge in [-0.25, -0.2) is 4.39 Å². The molecule has 0 heterocycles. The Labute approximate surface area is 145 Å². The number of rotatable bonds is 7. The SMILES string of the molecule is O=C(c1ccc(OCCOc2ccccc2)cc1)c1ccccc1F. The number of benzene rings is 3. The minimum Gasteiger partial charge on any atom is -0.490 e. The first kappa shape index (κ1) is 16.7. The third kappa shape index (κ3) is 4.44. The summed E-state index contributed by atoms with van der Waals surface area (Å²) in [5.41, 5.74) is 0.477. The average Bonchev–Trinajstić information content (AvgIpc) is 2.66. The smallest absolute Gasteiger partial charge is 0.195 e. The molecule has 0 aliphatic rings. The molecule has 0 aliphatic carbocycles. The first-order valence-electron chi connectivity index (χ1n) is 7.94. The van der Waals surface area contributed by atoms with Gasteiger partial charge in [-0.05, 0) is 48.5 Å². The molecule has 0 fully saturated rings. The van der Waals surface area contributed by atoms with Gasteiger partial charge in [0.15, 0.2) is 5.78 Å². The van der Waals surface area contributed by atoms with Crippen LogP contribution in [0, 0.1) is 5.82 Å². The first-order chi connectivity index (χ1) is 12.2. The van der Waals surface area contributed by atoms with E-state index < -0.39 is 5.82 Å². The summed E-state index contributed by atoms with van der Waals surface area (Å²) in [6.07, 6.45) is 0. The van der Waals surface area contributed by atoms with Crippen LogP contribution >= 0.6 is 0 Å². The Bertz CT molecular complexity index is 829. The summed E-state index contributed by atoms with van der Waals surface area (Å²) in [5.74, 6) is 0.543. The fraction of sp³-hybridized carbons (Fsp3) is 0.0952. The van der Waals surface area contributed by atoms with E-state index in [0.29, 0.717) is 24.5 Å². The van der Waals surface area contributed by atoms with Crippen LogP contribution < -0.4 is 9.47 Å². The third-order valence-corrected chi connectivity index (χ3v) is 3.60. The summed E-state index contributed by atoms with van der Waals surface area (Å²) < 4.78 is 24.8. The zero-order chi connectivity index (χ0) is 17.5. The summed E-state index contributed by atoms with van der Waals surface area (Å²) in [5, 5.41) is 0. The molecule has 0 unspecified atom stereocenters. The van der Waals surface area contributed by atoms with Gasteiger partial charge in [-0.1, -0.05) is 30.3 Å². The van der Waals surface area contributed by atoms with Gasteiger partial charge >= 0.3 is 0 Å². The molecule has 25 heavy (non-hydrogen) atoms. The zero-order valence-electron chi connectivity index (χ0n) is 13.5. The van der Waals surface area contributed by atoms with E-state index in [4.69, 9.17) is 9.47 Å². The number of hydrogen-bond acceptors (Lipinski definition) is 3. The molecule has 0 N–H and O–H groups in total. The van der Waals surface area contributed by atoms with Crippen LogP contribution in [0.3, 0.4) is 0 Å². The molecule has 0 amide bonds. The van der Waals surface area contributed by atoms with E-state index in [9.17, 15) is 9.18 Å². The second kappa shape index (κ2) is 8.11. The molecule has 0 saturated carbocycles. The lowest BCUT2D eigenvalue weighted by Crippen LogP contribution is -2.09. The van der Waals surface area contributed by atoms with E-state index in [1.807, 2.05) is 30.3 Å². The highest BCUT2D eigenvalue weighted by Gasteiger charge is 2.13. The topological polar surface area (TPSA) is 35.5 Å². The maximum Gasteiger partial charge on any atom is 0.195 e. The van der Waals surface area contributed by atoms with Gasteiger partial charge in [0.05, 0.1) is 5.56 Å². The zero-order valence-corrected chi connectivity index (χ0v) is 13.5. The summed E-state index contributed by atoms with van der Waals surface area (Å²) >= 11 is 0. The lowest BCUT2D eigenvalue weighted by Gasteiger charge is -2.09. The molecule has 0 atom stereocenters. The first-order valence-corrected chi connectivity index (χ1v) is 7.94. The van der Waals surface area contributed by atoms with Crippen molar-refractivity contribution in [3.05, 3.63) is 95.8 Å². The molecule has 0 aliphatic heterocycles. The monoisotopic (exact) mass is 336 g/mol. The van der Waals surface area contributed by atoms with Gasteiger partial charge in [0.25, 0.3) is 0 Å². The van der Waals surface area contributed by atoms with Crippen molar-refractivity contribution in [3.63, 3.8) is 0 Å². The molecule has 0 spiro atoms. The Hall–Kier alpha value is -3.14. The van der Waals surface area contributed by atoms with E-state index >= 15 is 0 Å². The van der Waals surface area contributed by atoms with Crippen molar-refractivity contribution in [2.24, 2.45) is 0 Å². The Kier molecular flexibility index (Phi) is 5.42. The fourth-order valence-corrected chi connectivity index (χ4v) is 2.34. The highest BCUT2D eigenvalue weighted by Crippen LogP contribution is 2.17. The van der Waals surface area contributed by atoms with Crippen molar-refractivity contribution in [2.75, 3.05) is 13.2 Å². The summed E-state index contributed by atoms with van der Waals surface area (Å²) in [6, 6.07) is 22.1. The molecule has 0 aromatic heterocycles. The van der Waals surface area contributed by atoms with Crippen molar-refractivity contribution in [1.29, 1.82) is 0 Å². The Morgan fingerprint density at radius 2 is 1.28 bits per heavy atom. The van der Waals surface area contributed by atoms with Gasteiger partial charge in [0, 0.05) is 5.56 Å². The highest BCUT2D eigenvalue weighted by molar-refractivity contribution is 6.09. The van der Waals surface area contributed by atoms with Crippen molar-refractivity contribution in [2.45, 2.75) is 0 Å². The Morgan fingerprint density at radius 1 is 0.720 bits per heavy atom. The molecule has 126 valence electrons. The van der Waals surface area contributed by atoms with Crippen LogP contribution in [0.2, 0.25) is 0 Å². The number of para-hydroxylation sites is 1. The molecule has 3 aromatic carbocycles. The van der Waals surface area contributed by atoms with E-state index in [0.717, 1.165) is 5.75 Å². The normalized spacial score (nSPS) is 10.3. The standard InChI is InChI=1S/C21H17FO3/c22-20-9-5-4-8-19(20)21(23)16-10-12-18(13-11-16)25-15-14-24-17-6-2-1-3-7-17/h1-13H,14-15H2. The van der Waals surface area contributed by atoms with Crippen LogP contribution in [0.15, 0.2) is 78.9 Å². The van der Waals surface area contributed by atoms with Crippen molar-refractivity contribution in [3.8, 4) is 11.5 Å². The van der Waals surface area contributed by atoms with Gasteiger partial charge in [-0.3, -0.25) is 4.79 Å². The second-order valence-electron chi connectivity index (χ2n) is 5.34. The van der Waals surface area contributed by atoms with Crippen LogP contribution in [-0.2, 0) is 0 Å². The largest absolute Gasteiger partial charge is 0.490 e. The molecule has 3 rings (SSSR count). The van der Waals surface area contributed by atoms with Gasteiger partial charge < -0.3 is 9.47 Å². The maximum atomic E-state index is 13.7. The predicted octanol–water partition coefficient (Wildman–Crippen LogP) is 4.51. The molecule has 3 nitrogen and oxygen atoms in total. The van der Waals surface area contributed by atoms with Crippen LogP contribution in [0.5, 0.6) is 11.5 Å². The van der Waals surface area contributed by atoms with Crippen LogP contribution in [0.25, 0.3) is 0 Å². The van der Waals surface area contributed by atoms with Gasteiger partial charge in [0.1, 0.15) is 30.5 Å². The molecule has 0 saturated heterocycles. The lowest BCUT2D eigenvalue weighted by atomic mass is 10.0. The molecular formula is C21H17FO3. The third-order valence-electron chi connectivity index (χ3n) is 3.60. The Morgan fingerprint density at radius 3 is 1.92 bits per heavy atom. The number of carbonyl (C=O) groups excluding carboxylic acids is 1. The minimum atomic E-state index is -0.522. The van der Waals surface area contributed by atoms with E-state index in [2.05, 4.69) is 0 Å². The van der Waals surface area contributed by atoms with Crippen molar-refractivity contribution in [1.82, 2.24) is 0 Å². The molecule has 0 bridgehead atoms. The molecule has 4 heteroatoms. The van der Waals surface area contributed by atoms with Crippen LogP contribution in [0.4, 0.5) is 4.39 Å². The second-order valence-corrected chi connectivity index (χ2v) is 5.34. The van der Waals surface area contributed by atoms with E-state index in [1.165, 1.54) is 12.1 Å². The average molecular weight is 336 g/mol. The number of ketones is 1. The summed E-state index contributed by atoms with van der Waals surface area (Å²) in [7, 11) is 0. The molecule has 0 radical (unpaired) electrons. The quantitative estimate of drug-likeness (QED) is 0.470. The lowest BCUT2D eigenvalue weighted by molar-refractivity contribution is 0.103.